The van der Waals surface area contributed by atoms with Crippen LogP contribution in [0.1, 0.15) is 13.8 Å². The van der Waals surface area contributed by atoms with Crippen LogP contribution < -0.4 is 5.32 Å². The molecule has 0 fully saturated rings. The molecule has 0 unspecified atom stereocenters. The van der Waals surface area contributed by atoms with E-state index in [0.717, 1.165) is 16.7 Å². The summed E-state index contributed by atoms with van der Waals surface area (Å²) < 4.78 is 0. The molecule has 0 bridgehead atoms. The van der Waals surface area contributed by atoms with Gasteiger partial charge >= 0.3 is 0 Å². The van der Waals surface area contributed by atoms with Gasteiger partial charge < -0.3 is 5.32 Å². The molecule has 2 rings (SSSR count). The highest BCUT2D eigenvalue weighted by Gasteiger charge is 2.15. The van der Waals surface area contributed by atoms with E-state index in [2.05, 4.69) is 21.2 Å². The lowest BCUT2D eigenvalue weighted by molar-refractivity contribution is 0.737. The van der Waals surface area contributed by atoms with Crippen LogP contribution in [0.4, 0.5) is 5.82 Å². The Morgan fingerprint density at radius 1 is 1.25 bits per heavy atom. The molecule has 3 nitrogen and oxygen atoms in total. The number of benzene rings is 1. The van der Waals surface area contributed by atoms with Crippen molar-refractivity contribution in [2.45, 2.75) is 19.4 Å². The number of terminal acetylenes is 1. The Kier molecular flexibility index (Phi) is 2.49. The molecule has 0 radical (unpaired) electrons. The first kappa shape index (κ1) is 10.4. The fourth-order valence-corrected chi connectivity index (χ4v) is 1.44. The van der Waals surface area contributed by atoms with E-state index in [-0.39, 0.29) is 0 Å². The largest absolute Gasteiger partial charge is 0.354 e. The SMILES string of the molecule is C#CC(C)(C)Nc1ncnc2ccccc12. The lowest BCUT2D eigenvalue weighted by Gasteiger charge is -2.20. The zero-order valence-electron chi connectivity index (χ0n) is 9.36. The average Bonchev–Trinajstić information content (AvgIpc) is 2.29. The van der Waals surface area contributed by atoms with Crippen molar-refractivity contribution in [3.63, 3.8) is 0 Å². The van der Waals surface area contributed by atoms with E-state index in [4.69, 9.17) is 6.42 Å². The Morgan fingerprint density at radius 2 is 2.00 bits per heavy atom. The van der Waals surface area contributed by atoms with Gasteiger partial charge in [-0.25, -0.2) is 9.97 Å². The van der Waals surface area contributed by atoms with E-state index in [1.165, 1.54) is 6.33 Å². The van der Waals surface area contributed by atoms with Crippen LogP contribution in [0.3, 0.4) is 0 Å². The number of hydrogen-bond donors (Lipinski definition) is 1. The molecule has 0 aliphatic heterocycles. The predicted octanol–water partition coefficient (Wildman–Crippen LogP) is 2.45. The maximum atomic E-state index is 5.44. The lowest BCUT2D eigenvalue weighted by Crippen LogP contribution is -2.29. The molecule has 1 aromatic heterocycles. The number of fused-ring (bicyclic) bond motifs is 1. The van der Waals surface area contributed by atoms with Crippen LogP contribution in [0.25, 0.3) is 10.9 Å². The molecular weight excluding hydrogens is 198 g/mol. The summed E-state index contributed by atoms with van der Waals surface area (Å²) in [6, 6.07) is 7.83. The summed E-state index contributed by atoms with van der Waals surface area (Å²) in [5, 5.41) is 4.20. The van der Waals surface area contributed by atoms with Crippen LogP contribution in [0.15, 0.2) is 30.6 Å². The van der Waals surface area contributed by atoms with Gasteiger partial charge in [0.2, 0.25) is 0 Å². The third-order valence-corrected chi connectivity index (χ3v) is 2.33. The second kappa shape index (κ2) is 3.82. The van der Waals surface area contributed by atoms with Crippen LogP contribution in [0.2, 0.25) is 0 Å². The Labute approximate surface area is 94.9 Å². The zero-order chi connectivity index (χ0) is 11.6. The molecule has 0 saturated heterocycles. The molecule has 1 N–H and O–H groups in total. The number of nitrogens with one attached hydrogen (secondary N) is 1. The van der Waals surface area contributed by atoms with Crippen molar-refractivity contribution in [3.8, 4) is 12.3 Å². The molecule has 2 aromatic rings. The Morgan fingerprint density at radius 3 is 2.75 bits per heavy atom. The van der Waals surface area contributed by atoms with Crippen LogP contribution in [-0.2, 0) is 0 Å². The monoisotopic (exact) mass is 211 g/mol. The summed E-state index contributed by atoms with van der Waals surface area (Å²) in [5.74, 6) is 3.45. The number of para-hydroxylation sites is 1. The summed E-state index contributed by atoms with van der Waals surface area (Å²) in [6.45, 7) is 3.87. The van der Waals surface area contributed by atoms with Gasteiger partial charge in [0.1, 0.15) is 12.1 Å². The summed E-state index contributed by atoms with van der Waals surface area (Å²) in [6.07, 6.45) is 6.98. The van der Waals surface area contributed by atoms with E-state index in [0.29, 0.717) is 0 Å². The van der Waals surface area contributed by atoms with Gasteiger partial charge in [-0.05, 0) is 26.0 Å². The highest BCUT2D eigenvalue weighted by molar-refractivity contribution is 5.89. The fraction of sp³-hybridized carbons (Fsp3) is 0.231. The van der Waals surface area contributed by atoms with E-state index in [9.17, 15) is 0 Å². The van der Waals surface area contributed by atoms with E-state index < -0.39 is 5.54 Å². The number of rotatable bonds is 2. The van der Waals surface area contributed by atoms with Gasteiger partial charge in [0.25, 0.3) is 0 Å². The molecule has 0 atom stereocenters. The standard InChI is InChI=1S/C13H13N3/c1-4-13(2,3)16-12-10-7-5-6-8-11(10)14-9-15-12/h1,5-9H,2-3H3,(H,14,15,16). The van der Waals surface area contributed by atoms with Gasteiger partial charge in [0.05, 0.1) is 11.1 Å². The van der Waals surface area contributed by atoms with Crippen LogP contribution >= 0.6 is 0 Å². The minimum Gasteiger partial charge on any atom is -0.354 e. The van der Waals surface area contributed by atoms with Crippen LogP contribution in [0.5, 0.6) is 0 Å². The summed E-state index contributed by atoms with van der Waals surface area (Å²) in [7, 11) is 0. The van der Waals surface area contributed by atoms with E-state index >= 15 is 0 Å². The molecular formula is C13H13N3. The number of anilines is 1. The van der Waals surface area contributed by atoms with Crippen molar-refractivity contribution in [1.82, 2.24) is 9.97 Å². The first-order valence-electron chi connectivity index (χ1n) is 5.08. The normalized spacial score (nSPS) is 11.1. The quantitative estimate of drug-likeness (QED) is 0.775. The van der Waals surface area contributed by atoms with Crippen molar-refractivity contribution in [2.24, 2.45) is 0 Å². The zero-order valence-corrected chi connectivity index (χ0v) is 9.36. The molecule has 1 aromatic carbocycles. The third kappa shape index (κ3) is 1.96. The molecule has 0 aliphatic carbocycles. The van der Waals surface area contributed by atoms with Crippen molar-refractivity contribution in [1.29, 1.82) is 0 Å². The lowest BCUT2D eigenvalue weighted by atomic mass is 10.1. The first-order valence-corrected chi connectivity index (χ1v) is 5.08. The molecule has 3 heteroatoms. The predicted molar refractivity (Wildman–Crippen MR) is 66.1 cm³/mol. The first-order chi connectivity index (χ1) is 7.62. The maximum absolute atomic E-state index is 5.44. The fourth-order valence-electron chi connectivity index (χ4n) is 1.44. The van der Waals surface area contributed by atoms with Gasteiger partial charge in [0.15, 0.2) is 0 Å². The highest BCUT2D eigenvalue weighted by Crippen LogP contribution is 2.21. The Hall–Kier alpha value is -2.08. The van der Waals surface area contributed by atoms with E-state index in [1.54, 1.807) is 0 Å². The topological polar surface area (TPSA) is 37.8 Å². The Balaban J connectivity index is 2.50. The summed E-state index contributed by atoms with van der Waals surface area (Å²) >= 11 is 0. The third-order valence-electron chi connectivity index (χ3n) is 2.33. The maximum Gasteiger partial charge on any atom is 0.138 e. The van der Waals surface area contributed by atoms with Gasteiger partial charge in [-0.1, -0.05) is 18.1 Å². The molecule has 0 saturated carbocycles. The van der Waals surface area contributed by atoms with Gasteiger partial charge in [0, 0.05) is 5.39 Å². The van der Waals surface area contributed by atoms with Crippen molar-refractivity contribution in [3.05, 3.63) is 30.6 Å². The van der Waals surface area contributed by atoms with Crippen molar-refractivity contribution in [2.75, 3.05) is 5.32 Å². The summed E-state index contributed by atoms with van der Waals surface area (Å²) in [4.78, 5) is 8.42. The number of nitrogens with zero attached hydrogens (tertiary/aromatic N) is 2. The van der Waals surface area contributed by atoms with Gasteiger partial charge in [-0.2, -0.15) is 0 Å². The van der Waals surface area contributed by atoms with Crippen LogP contribution in [0, 0.1) is 12.3 Å². The van der Waals surface area contributed by atoms with Crippen molar-refractivity contribution >= 4 is 16.7 Å². The minimum atomic E-state index is -0.420. The molecule has 1 heterocycles. The summed E-state index contributed by atoms with van der Waals surface area (Å²) in [5.41, 5.74) is 0.491. The molecule has 0 amide bonds. The van der Waals surface area contributed by atoms with Crippen molar-refractivity contribution < 1.29 is 0 Å². The van der Waals surface area contributed by atoms with Gasteiger partial charge in [-0.15, -0.1) is 6.42 Å². The number of aromatic nitrogens is 2. The molecule has 80 valence electrons. The van der Waals surface area contributed by atoms with E-state index in [1.807, 2.05) is 38.1 Å². The smallest absolute Gasteiger partial charge is 0.138 e. The van der Waals surface area contributed by atoms with Crippen LogP contribution in [-0.4, -0.2) is 15.5 Å². The molecule has 0 aliphatic rings. The minimum absolute atomic E-state index is 0.420. The highest BCUT2D eigenvalue weighted by atomic mass is 15.1. The van der Waals surface area contributed by atoms with Gasteiger partial charge in [-0.3, -0.25) is 0 Å². The second-order valence-electron chi connectivity index (χ2n) is 4.13. The molecule has 0 spiro atoms. The Bertz CT molecular complexity index is 547. The second-order valence-corrected chi connectivity index (χ2v) is 4.13. The average molecular weight is 211 g/mol. The molecule has 16 heavy (non-hydrogen) atoms. The number of hydrogen-bond acceptors (Lipinski definition) is 3.